The van der Waals surface area contributed by atoms with Crippen LogP contribution in [0.25, 0.3) is 16.9 Å². The third-order valence-corrected chi connectivity index (χ3v) is 8.70. The van der Waals surface area contributed by atoms with Gasteiger partial charge in [-0.15, -0.1) is 0 Å². The van der Waals surface area contributed by atoms with E-state index in [0.717, 1.165) is 92.3 Å². The number of aryl methyl sites for hydroxylation is 2. The summed E-state index contributed by atoms with van der Waals surface area (Å²) in [6.07, 6.45) is 23.2. The average Bonchev–Trinajstić information content (AvgIpc) is 3.38. The van der Waals surface area contributed by atoms with Crippen molar-refractivity contribution in [3.8, 4) is 11.8 Å². The Kier molecular flexibility index (Phi) is 29.1. The van der Waals surface area contributed by atoms with Gasteiger partial charge in [0.1, 0.15) is 5.57 Å². The molecule has 3 heteroatoms. The van der Waals surface area contributed by atoms with Crippen LogP contribution in [0.1, 0.15) is 179 Å². The van der Waals surface area contributed by atoms with E-state index in [0.29, 0.717) is 0 Å². The first kappa shape index (κ1) is 46.7. The Balaban J connectivity index is 0.00000183. The second-order valence-electron chi connectivity index (χ2n) is 13.1. The van der Waals surface area contributed by atoms with Crippen LogP contribution in [0.2, 0.25) is 0 Å². The summed E-state index contributed by atoms with van der Waals surface area (Å²) in [4.78, 5) is 0. The van der Waals surface area contributed by atoms with Crippen molar-refractivity contribution < 1.29 is 25.1 Å². The van der Waals surface area contributed by atoms with Crippen LogP contribution < -0.4 is 0 Å². The van der Waals surface area contributed by atoms with Crippen LogP contribution in [0.4, 0.5) is 0 Å². The summed E-state index contributed by atoms with van der Waals surface area (Å²) in [6, 6.07) is 17.6. The minimum Gasteiger partial charge on any atom is -0.493 e. The zero-order valence-electron chi connectivity index (χ0n) is 32.4. The standard InChI is InChI=1S/C36H48N2.2C5H11.Pd/c1-5-9-13-15-18-30-23-27-32(28-24-30)36-34(20-16-14-10-6-2)33(19-12-8-4)35(38(36)37)31-25-21-29(22-26-31)17-11-7-3;2*1-3-5-4-2;/h21-28H,5-15,17-19H2,1-4H3;2*1,3-5H2,2H3;/q;2*-1;+2. The first-order valence-corrected chi connectivity index (χ1v) is 19.7. The zero-order valence-corrected chi connectivity index (χ0v) is 33.9. The van der Waals surface area contributed by atoms with E-state index < -0.39 is 0 Å². The summed E-state index contributed by atoms with van der Waals surface area (Å²) in [5.74, 6) is 6.96. The predicted octanol–water partition coefficient (Wildman–Crippen LogP) is 14.7. The van der Waals surface area contributed by atoms with Gasteiger partial charge in [-0.25, -0.2) is 4.70 Å². The van der Waals surface area contributed by atoms with Gasteiger partial charge in [0.25, 0.3) is 0 Å². The number of rotatable bonds is 19. The van der Waals surface area contributed by atoms with Crippen LogP contribution in [-0.4, -0.2) is 4.70 Å². The van der Waals surface area contributed by atoms with Gasteiger partial charge in [-0.05, 0) is 80.3 Å². The van der Waals surface area contributed by atoms with Crippen LogP contribution in [0.3, 0.4) is 0 Å². The summed E-state index contributed by atoms with van der Waals surface area (Å²) < 4.78 is 1.44. The van der Waals surface area contributed by atoms with Crippen molar-refractivity contribution in [3.63, 3.8) is 0 Å². The molecular weight excluding hydrogens is 687 g/mol. The molecule has 0 atom stereocenters. The number of allylic oxidation sites excluding steroid dienone is 2. The molecule has 0 saturated heterocycles. The van der Waals surface area contributed by atoms with Crippen LogP contribution in [0, 0.1) is 25.7 Å². The molecule has 0 bridgehead atoms. The summed E-state index contributed by atoms with van der Waals surface area (Å²) >= 11 is 0. The average molecular weight is 757 g/mol. The molecule has 274 valence electrons. The van der Waals surface area contributed by atoms with Crippen molar-refractivity contribution in [2.45, 2.75) is 170 Å². The number of benzene rings is 2. The molecule has 0 saturated carbocycles. The summed E-state index contributed by atoms with van der Waals surface area (Å²) in [7, 11) is 0. The Hall–Kier alpha value is -2.26. The molecule has 0 aliphatic carbocycles. The zero-order chi connectivity index (χ0) is 35.4. The molecule has 1 aliphatic heterocycles. The van der Waals surface area contributed by atoms with Gasteiger partial charge in [0.2, 0.25) is 11.4 Å². The van der Waals surface area contributed by atoms with E-state index in [1.54, 1.807) is 0 Å². The maximum absolute atomic E-state index is 11.7. The van der Waals surface area contributed by atoms with Gasteiger partial charge >= 0.3 is 20.4 Å². The van der Waals surface area contributed by atoms with Crippen LogP contribution in [0.15, 0.2) is 59.7 Å². The molecule has 2 aromatic rings. The molecule has 0 unspecified atom stereocenters. The van der Waals surface area contributed by atoms with Crippen molar-refractivity contribution >= 4 is 11.4 Å². The number of nitrogens with zero attached hydrogens (tertiary/aromatic N) is 2. The normalized spacial score (nSPS) is 12.0. The Morgan fingerprint density at radius 2 is 0.980 bits per heavy atom. The molecule has 0 fully saturated rings. The molecule has 1 heterocycles. The van der Waals surface area contributed by atoms with E-state index in [-0.39, 0.29) is 20.4 Å². The third-order valence-electron chi connectivity index (χ3n) is 8.70. The van der Waals surface area contributed by atoms with Gasteiger partial charge in [-0.1, -0.05) is 142 Å². The summed E-state index contributed by atoms with van der Waals surface area (Å²) in [5.41, 5.74) is 20.5. The van der Waals surface area contributed by atoms with Crippen molar-refractivity contribution in [2.75, 3.05) is 0 Å². The Labute approximate surface area is 318 Å². The third kappa shape index (κ3) is 18.0. The molecule has 2 aromatic carbocycles. The van der Waals surface area contributed by atoms with Crippen molar-refractivity contribution in [3.05, 3.63) is 101 Å². The second-order valence-corrected chi connectivity index (χ2v) is 13.1. The number of hydrogen-bond acceptors (Lipinski definition) is 0. The Morgan fingerprint density at radius 3 is 1.43 bits per heavy atom. The van der Waals surface area contributed by atoms with Crippen LogP contribution in [0.5, 0.6) is 0 Å². The van der Waals surface area contributed by atoms with Gasteiger partial charge in [-0.2, -0.15) is 12.8 Å². The van der Waals surface area contributed by atoms with E-state index >= 15 is 0 Å². The molecule has 0 amide bonds. The fourth-order valence-electron chi connectivity index (χ4n) is 5.61. The fourth-order valence-corrected chi connectivity index (χ4v) is 5.61. The molecule has 3 rings (SSSR count). The summed E-state index contributed by atoms with van der Waals surface area (Å²) in [6.45, 7) is 20.6. The molecule has 49 heavy (non-hydrogen) atoms. The predicted molar refractivity (Wildman–Crippen MR) is 213 cm³/mol. The van der Waals surface area contributed by atoms with E-state index in [1.165, 1.54) is 85.6 Å². The molecular formula is C46H70N2Pd. The smallest absolute Gasteiger partial charge is 0.493 e. The maximum atomic E-state index is 11.7. The largest absolute Gasteiger partial charge is 2.00 e. The molecule has 0 N–H and O–H groups in total. The van der Waals surface area contributed by atoms with E-state index in [4.69, 9.17) is 0 Å². The molecule has 2 nitrogen and oxygen atoms in total. The van der Waals surface area contributed by atoms with Gasteiger partial charge in [0.05, 0.1) is 0 Å². The SMILES string of the molecule is CCCCC#CC1=C(c2ccc(CCCCCC)cc2)[N+](=[N-])C(c2ccc(CCCC)cc2)=C1CCCC.[CH2-]CCCC.[CH2-]CCCC.[Pd+2]. The van der Waals surface area contributed by atoms with Gasteiger partial charge in [0.15, 0.2) is 0 Å². The van der Waals surface area contributed by atoms with Crippen molar-refractivity contribution in [2.24, 2.45) is 0 Å². The van der Waals surface area contributed by atoms with Crippen molar-refractivity contribution in [1.29, 1.82) is 0 Å². The fraction of sp³-hybridized carbons (Fsp3) is 0.565. The first-order valence-electron chi connectivity index (χ1n) is 19.7. The Bertz CT molecular complexity index is 1240. The first-order chi connectivity index (χ1) is 23.5. The van der Waals surface area contributed by atoms with Crippen LogP contribution >= 0.6 is 0 Å². The van der Waals surface area contributed by atoms with Gasteiger partial charge in [-0.3, -0.25) is 0 Å². The Morgan fingerprint density at radius 1 is 0.531 bits per heavy atom. The minimum absolute atomic E-state index is 0. The molecule has 0 spiro atoms. The van der Waals surface area contributed by atoms with E-state index in [9.17, 15) is 5.53 Å². The summed E-state index contributed by atoms with van der Waals surface area (Å²) in [5, 5.41) is 0. The quantitative estimate of drug-likeness (QED) is 0.0448. The maximum Gasteiger partial charge on any atom is 2.00 e. The monoisotopic (exact) mass is 756 g/mol. The second kappa shape index (κ2) is 30.6. The van der Waals surface area contributed by atoms with E-state index in [2.05, 4.69) is 116 Å². The molecule has 0 aromatic heterocycles. The van der Waals surface area contributed by atoms with Crippen LogP contribution in [-0.2, 0) is 33.3 Å². The van der Waals surface area contributed by atoms with E-state index in [1.807, 2.05) is 0 Å². The molecule has 0 radical (unpaired) electrons. The molecule has 1 aliphatic rings. The van der Waals surface area contributed by atoms with Gasteiger partial charge < -0.3 is 19.4 Å². The number of hydrogen-bond donors (Lipinski definition) is 0. The number of unbranched alkanes of at least 4 members (excludes halogenated alkanes) is 11. The van der Waals surface area contributed by atoms with Crippen molar-refractivity contribution in [1.82, 2.24) is 0 Å². The van der Waals surface area contributed by atoms with Gasteiger partial charge in [0, 0.05) is 23.1 Å². The topological polar surface area (TPSA) is 25.3 Å². The minimum atomic E-state index is 0.